The molecule has 0 saturated heterocycles. The first kappa shape index (κ1) is 19.4. The molecule has 1 aromatic heterocycles. The zero-order valence-electron chi connectivity index (χ0n) is 15.1. The van der Waals surface area contributed by atoms with E-state index in [1.54, 1.807) is 0 Å². The molecule has 3 aromatic rings. The van der Waals surface area contributed by atoms with Crippen LogP contribution in [-0.4, -0.2) is 21.6 Å². The summed E-state index contributed by atoms with van der Waals surface area (Å²) in [4.78, 5) is 29.0. The Kier molecular flexibility index (Phi) is 6.64. The number of carbonyl (C=O) groups excluding carboxylic acids is 1. The molecule has 0 aliphatic heterocycles. The maximum atomic E-state index is 12.3. The number of rotatable bonds is 7. The largest absolute Gasteiger partial charge is 0.335 e. The Hall–Kier alpha value is -3.32. The highest BCUT2D eigenvalue weighted by Crippen LogP contribution is 2.07. The lowest BCUT2D eigenvalue weighted by Crippen LogP contribution is -2.24. The van der Waals surface area contributed by atoms with Crippen molar-refractivity contribution in [1.29, 1.82) is 0 Å². The lowest BCUT2D eigenvalue weighted by atomic mass is 10.0. The lowest BCUT2D eigenvalue weighted by Gasteiger charge is -2.08. The summed E-state index contributed by atoms with van der Waals surface area (Å²) < 4.78 is 0.188. The van der Waals surface area contributed by atoms with E-state index in [-0.39, 0.29) is 22.7 Å². The molecule has 142 valence electrons. The van der Waals surface area contributed by atoms with Crippen LogP contribution < -0.4 is 11.0 Å². The van der Waals surface area contributed by atoms with E-state index in [1.807, 2.05) is 60.7 Å². The summed E-state index contributed by atoms with van der Waals surface area (Å²) in [5.74, 6) is -0.324. The van der Waals surface area contributed by atoms with Crippen LogP contribution in [0.5, 0.6) is 0 Å². The number of hydrogen-bond donors (Lipinski definition) is 3. The van der Waals surface area contributed by atoms with Gasteiger partial charge in [-0.15, -0.1) is 0 Å². The summed E-state index contributed by atoms with van der Waals surface area (Å²) in [7, 11) is 0. The molecule has 0 atom stereocenters. The Bertz CT molecular complexity index is 1000. The maximum absolute atomic E-state index is 12.3. The Morgan fingerprint density at radius 2 is 1.46 bits per heavy atom. The smallest absolute Gasteiger partial charge is 0.251 e. The van der Waals surface area contributed by atoms with Gasteiger partial charge in [-0.1, -0.05) is 60.7 Å². The first-order chi connectivity index (χ1) is 13.6. The monoisotopic (exact) mass is 392 g/mol. The molecular weight excluding hydrogens is 372 g/mol. The van der Waals surface area contributed by atoms with Crippen molar-refractivity contribution in [3.8, 4) is 0 Å². The minimum absolute atomic E-state index is 0.0129. The number of nitrogens with zero attached hydrogens (tertiary/aromatic N) is 1. The Morgan fingerprint density at radius 3 is 2.00 bits per heavy atom. The molecule has 1 heterocycles. The van der Waals surface area contributed by atoms with Gasteiger partial charge < -0.3 is 4.98 Å². The molecule has 0 bridgehead atoms. The van der Waals surface area contributed by atoms with Crippen molar-refractivity contribution < 1.29 is 4.79 Å². The summed E-state index contributed by atoms with van der Waals surface area (Å²) >= 11 is 4.92. The van der Waals surface area contributed by atoms with E-state index >= 15 is 0 Å². The average Bonchev–Trinajstić information content (AvgIpc) is 2.67. The average molecular weight is 392 g/mol. The Morgan fingerprint density at radius 1 is 0.893 bits per heavy atom. The molecule has 6 nitrogen and oxygen atoms in total. The van der Waals surface area contributed by atoms with Crippen molar-refractivity contribution in [3.05, 3.63) is 98.7 Å². The van der Waals surface area contributed by atoms with Gasteiger partial charge in [-0.3, -0.25) is 14.6 Å². The van der Waals surface area contributed by atoms with E-state index in [1.165, 1.54) is 6.07 Å². The summed E-state index contributed by atoms with van der Waals surface area (Å²) in [5, 5.41) is 4.35. The van der Waals surface area contributed by atoms with Crippen LogP contribution >= 0.6 is 12.2 Å². The summed E-state index contributed by atoms with van der Waals surface area (Å²) in [6.45, 7) is 0. The van der Waals surface area contributed by atoms with Crippen LogP contribution in [0.4, 0.5) is 0 Å². The molecule has 3 rings (SSSR count). The molecule has 3 N–H and O–H groups in total. The normalized spacial score (nSPS) is 10.3. The number of hydrogen-bond acceptors (Lipinski definition) is 4. The predicted octanol–water partition coefficient (Wildman–Crippen LogP) is 2.93. The number of carbonyl (C=O) groups is 1. The van der Waals surface area contributed by atoms with Crippen LogP contribution in [0.25, 0.3) is 0 Å². The number of aromatic nitrogens is 2. The third-order valence-corrected chi connectivity index (χ3v) is 4.21. The molecule has 1 amide bonds. The number of H-pyrrole nitrogens is 2. The van der Waals surface area contributed by atoms with Crippen molar-refractivity contribution in [1.82, 2.24) is 15.4 Å². The Balaban J connectivity index is 1.72. The van der Waals surface area contributed by atoms with Gasteiger partial charge in [0.15, 0.2) is 4.77 Å². The van der Waals surface area contributed by atoms with E-state index in [0.717, 1.165) is 16.8 Å². The highest BCUT2D eigenvalue weighted by atomic mass is 32.1. The molecule has 28 heavy (non-hydrogen) atoms. The summed E-state index contributed by atoms with van der Waals surface area (Å²) in [5.41, 5.74) is 5.76. The number of benzene rings is 2. The van der Waals surface area contributed by atoms with Crippen LogP contribution in [0.15, 0.2) is 76.6 Å². The van der Waals surface area contributed by atoms with Crippen molar-refractivity contribution in [2.24, 2.45) is 5.10 Å². The minimum atomic E-state index is -0.344. The first-order valence-corrected chi connectivity index (χ1v) is 9.24. The highest BCUT2D eigenvalue weighted by Gasteiger charge is 2.07. The van der Waals surface area contributed by atoms with E-state index < -0.39 is 0 Å². The van der Waals surface area contributed by atoms with Gasteiger partial charge in [0.05, 0.1) is 6.42 Å². The molecule has 0 aliphatic rings. The molecular formula is C21H20N4O2S. The van der Waals surface area contributed by atoms with Gasteiger partial charge >= 0.3 is 0 Å². The third-order valence-electron chi connectivity index (χ3n) is 4.01. The second kappa shape index (κ2) is 9.57. The first-order valence-electron chi connectivity index (χ1n) is 8.83. The molecule has 0 unspecified atom stereocenters. The number of amides is 1. The molecule has 0 radical (unpaired) electrons. The summed E-state index contributed by atoms with van der Waals surface area (Å²) in [6, 6.07) is 21.2. The second-order valence-corrected chi connectivity index (χ2v) is 6.74. The van der Waals surface area contributed by atoms with E-state index in [9.17, 15) is 9.59 Å². The molecule has 0 fully saturated rings. The van der Waals surface area contributed by atoms with Crippen LogP contribution in [-0.2, 0) is 24.1 Å². The number of nitrogens with one attached hydrogen (secondary N) is 3. The zero-order valence-corrected chi connectivity index (χ0v) is 16.0. The van der Waals surface area contributed by atoms with Gasteiger partial charge in [-0.05, 0) is 23.3 Å². The number of hydrazone groups is 1. The standard InChI is InChI=1S/C21H20N4O2S/c26-19-13-17(22-21(28)23-19)14-20(27)25-24-18(11-15-7-3-1-4-8-15)12-16-9-5-2-6-10-16/h1-10,13H,11-12,14H2,(H,25,27)(H2,22,23,26,28). The van der Waals surface area contributed by atoms with Gasteiger partial charge in [-0.2, -0.15) is 5.10 Å². The molecule has 0 saturated carbocycles. The van der Waals surface area contributed by atoms with E-state index in [2.05, 4.69) is 20.5 Å². The van der Waals surface area contributed by atoms with Gasteiger partial charge in [0.2, 0.25) is 5.91 Å². The van der Waals surface area contributed by atoms with Crippen LogP contribution in [0.1, 0.15) is 16.8 Å². The molecule has 0 aliphatic carbocycles. The van der Waals surface area contributed by atoms with Crippen molar-refractivity contribution in [3.63, 3.8) is 0 Å². The van der Waals surface area contributed by atoms with Crippen LogP contribution in [0, 0.1) is 4.77 Å². The molecule has 0 spiro atoms. The third kappa shape index (κ3) is 6.14. The fourth-order valence-electron chi connectivity index (χ4n) is 2.77. The fourth-order valence-corrected chi connectivity index (χ4v) is 3.00. The van der Waals surface area contributed by atoms with Gasteiger partial charge in [0.25, 0.3) is 5.56 Å². The Labute approximate surface area is 167 Å². The lowest BCUT2D eigenvalue weighted by molar-refractivity contribution is -0.120. The van der Waals surface area contributed by atoms with Crippen molar-refractivity contribution in [2.45, 2.75) is 19.3 Å². The van der Waals surface area contributed by atoms with E-state index in [0.29, 0.717) is 18.5 Å². The molecule has 2 aromatic carbocycles. The maximum Gasteiger partial charge on any atom is 0.251 e. The molecule has 7 heteroatoms. The fraction of sp³-hybridized carbons (Fsp3) is 0.143. The predicted molar refractivity (Wildman–Crippen MR) is 112 cm³/mol. The van der Waals surface area contributed by atoms with Crippen LogP contribution in [0.2, 0.25) is 0 Å². The second-order valence-electron chi connectivity index (χ2n) is 6.33. The summed E-state index contributed by atoms with van der Waals surface area (Å²) in [6.07, 6.45) is 1.24. The quantitative estimate of drug-likeness (QED) is 0.328. The zero-order chi connectivity index (χ0) is 19.8. The van der Waals surface area contributed by atoms with Gasteiger partial charge in [0.1, 0.15) is 0 Å². The SMILES string of the molecule is O=C(Cc1cc(=O)[nH]c(=S)[nH]1)NN=C(Cc1ccccc1)Cc1ccccc1. The van der Waals surface area contributed by atoms with Crippen molar-refractivity contribution in [2.75, 3.05) is 0 Å². The topological polar surface area (TPSA) is 90.1 Å². The van der Waals surface area contributed by atoms with E-state index in [4.69, 9.17) is 12.2 Å². The van der Waals surface area contributed by atoms with Crippen LogP contribution in [0.3, 0.4) is 0 Å². The highest BCUT2D eigenvalue weighted by molar-refractivity contribution is 7.71. The number of aromatic amines is 2. The van der Waals surface area contributed by atoms with Gasteiger partial charge in [-0.25, -0.2) is 5.43 Å². The van der Waals surface area contributed by atoms with Crippen molar-refractivity contribution >= 4 is 23.8 Å². The minimum Gasteiger partial charge on any atom is -0.335 e. The van der Waals surface area contributed by atoms with Gasteiger partial charge in [0, 0.05) is 30.3 Å².